The third kappa shape index (κ3) is 4.53. The Balaban J connectivity index is 1.93. The van der Waals surface area contributed by atoms with Crippen LogP contribution in [0.25, 0.3) is 0 Å². The Morgan fingerprint density at radius 1 is 1.14 bits per heavy atom. The predicted molar refractivity (Wildman–Crippen MR) is 108 cm³/mol. The summed E-state index contributed by atoms with van der Waals surface area (Å²) in [7, 11) is 0.0852. The van der Waals surface area contributed by atoms with Crippen LogP contribution in [0.15, 0.2) is 53.4 Å². The minimum Gasteiger partial charge on any atom is -0.378 e. The molecule has 0 N–H and O–H groups in total. The number of anilines is 1. The van der Waals surface area contributed by atoms with Crippen molar-refractivity contribution in [1.29, 1.82) is 5.26 Å². The smallest absolute Gasteiger partial charge is 0.244 e. The molecule has 7 heteroatoms. The first-order valence-corrected chi connectivity index (χ1v) is 10.7. The van der Waals surface area contributed by atoms with Crippen LogP contribution in [0.2, 0.25) is 0 Å². The lowest BCUT2D eigenvalue weighted by Gasteiger charge is -2.25. The van der Waals surface area contributed by atoms with Crippen LogP contribution in [-0.4, -0.2) is 46.1 Å². The number of hydrogen-bond acceptors (Lipinski definition) is 5. The van der Waals surface area contributed by atoms with E-state index in [4.69, 9.17) is 4.74 Å². The third-order valence-corrected chi connectivity index (χ3v) is 6.74. The molecule has 148 valence electrons. The SMILES string of the molecule is CN(C)c1ccc(CN(C[C@H]2CCCO2)S(=O)(=O)c2ccccc2C#N)cc1. The quantitative estimate of drug-likeness (QED) is 0.716. The molecule has 1 aliphatic heterocycles. The molecule has 6 nitrogen and oxygen atoms in total. The summed E-state index contributed by atoms with van der Waals surface area (Å²) in [5, 5.41) is 9.36. The lowest BCUT2D eigenvalue weighted by molar-refractivity contribution is 0.0926. The van der Waals surface area contributed by atoms with Gasteiger partial charge in [-0.2, -0.15) is 9.57 Å². The van der Waals surface area contributed by atoms with Crippen molar-refractivity contribution in [3.8, 4) is 6.07 Å². The molecule has 1 heterocycles. The molecule has 0 aliphatic carbocycles. The van der Waals surface area contributed by atoms with Gasteiger partial charge in [0.1, 0.15) is 6.07 Å². The zero-order valence-electron chi connectivity index (χ0n) is 16.2. The summed E-state index contributed by atoms with van der Waals surface area (Å²) in [6, 6.07) is 16.1. The lowest BCUT2D eigenvalue weighted by Crippen LogP contribution is -2.37. The van der Waals surface area contributed by atoms with E-state index in [0.717, 1.165) is 24.1 Å². The van der Waals surface area contributed by atoms with Crippen molar-refractivity contribution in [2.45, 2.75) is 30.4 Å². The van der Waals surface area contributed by atoms with Crippen LogP contribution in [0.5, 0.6) is 0 Å². The monoisotopic (exact) mass is 399 g/mol. The summed E-state index contributed by atoms with van der Waals surface area (Å²) in [5.74, 6) is 0. The van der Waals surface area contributed by atoms with Gasteiger partial charge in [0.05, 0.1) is 16.6 Å². The van der Waals surface area contributed by atoms with Crippen LogP contribution in [0, 0.1) is 11.3 Å². The average Bonchev–Trinajstić information content (AvgIpc) is 3.21. The zero-order valence-corrected chi connectivity index (χ0v) is 17.0. The summed E-state index contributed by atoms with van der Waals surface area (Å²) >= 11 is 0. The van der Waals surface area contributed by atoms with E-state index in [-0.39, 0.29) is 29.7 Å². The van der Waals surface area contributed by atoms with Crippen LogP contribution in [-0.2, 0) is 21.3 Å². The maximum atomic E-state index is 13.4. The zero-order chi connectivity index (χ0) is 20.1. The van der Waals surface area contributed by atoms with Crippen LogP contribution >= 0.6 is 0 Å². The molecule has 0 spiro atoms. The van der Waals surface area contributed by atoms with E-state index in [0.29, 0.717) is 6.61 Å². The lowest BCUT2D eigenvalue weighted by atomic mass is 10.2. The summed E-state index contributed by atoms with van der Waals surface area (Å²) in [6.07, 6.45) is 1.65. The molecule has 1 atom stereocenters. The van der Waals surface area contributed by atoms with Gasteiger partial charge in [0.25, 0.3) is 0 Å². The van der Waals surface area contributed by atoms with Gasteiger partial charge in [-0.3, -0.25) is 0 Å². The van der Waals surface area contributed by atoms with E-state index >= 15 is 0 Å². The molecule has 28 heavy (non-hydrogen) atoms. The molecule has 0 aromatic heterocycles. The minimum atomic E-state index is -3.84. The third-order valence-electron chi connectivity index (χ3n) is 4.87. The number of sulfonamides is 1. The Hall–Kier alpha value is -2.40. The number of hydrogen-bond donors (Lipinski definition) is 0. The Bertz CT molecular complexity index is 944. The molecule has 0 bridgehead atoms. The van der Waals surface area contributed by atoms with Crippen molar-refractivity contribution in [3.05, 3.63) is 59.7 Å². The van der Waals surface area contributed by atoms with E-state index in [1.165, 1.54) is 16.4 Å². The number of benzene rings is 2. The fraction of sp³-hybridized carbons (Fsp3) is 0.381. The fourth-order valence-electron chi connectivity index (χ4n) is 3.29. The Morgan fingerprint density at radius 2 is 1.86 bits per heavy atom. The van der Waals surface area contributed by atoms with Gasteiger partial charge in [0.15, 0.2) is 0 Å². The summed E-state index contributed by atoms with van der Waals surface area (Å²) in [6.45, 7) is 1.16. The molecule has 1 aliphatic rings. The highest BCUT2D eigenvalue weighted by Gasteiger charge is 2.30. The van der Waals surface area contributed by atoms with Gasteiger partial charge in [0.2, 0.25) is 10.0 Å². The molecule has 2 aromatic rings. The Morgan fingerprint density at radius 3 is 2.46 bits per heavy atom. The van der Waals surface area contributed by atoms with Gasteiger partial charge in [-0.1, -0.05) is 24.3 Å². The van der Waals surface area contributed by atoms with Crippen molar-refractivity contribution in [1.82, 2.24) is 4.31 Å². The first-order chi connectivity index (χ1) is 13.4. The molecular formula is C21H25N3O3S. The molecule has 0 saturated carbocycles. The van der Waals surface area contributed by atoms with Crippen LogP contribution in [0.4, 0.5) is 5.69 Å². The second-order valence-corrected chi connectivity index (χ2v) is 9.01. The number of nitrogens with zero attached hydrogens (tertiary/aromatic N) is 3. The average molecular weight is 400 g/mol. The highest BCUT2D eigenvalue weighted by atomic mass is 32.2. The number of rotatable bonds is 7. The van der Waals surface area contributed by atoms with E-state index in [2.05, 4.69) is 0 Å². The van der Waals surface area contributed by atoms with Gasteiger partial charge in [-0.15, -0.1) is 0 Å². The first-order valence-electron chi connectivity index (χ1n) is 9.29. The van der Waals surface area contributed by atoms with Gasteiger partial charge in [0, 0.05) is 39.5 Å². The van der Waals surface area contributed by atoms with Crippen molar-refractivity contribution >= 4 is 15.7 Å². The molecule has 2 aromatic carbocycles. The predicted octanol–water partition coefficient (Wildman–Crippen LogP) is 2.99. The summed E-state index contributed by atoms with van der Waals surface area (Å²) < 4.78 is 33.9. The van der Waals surface area contributed by atoms with Crippen molar-refractivity contribution in [3.63, 3.8) is 0 Å². The maximum absolute atomic E-state index is 13.4. The Labute approximate surface area is 167 Å². The highest BCUT2D eigenvalue weighted by molar-refractivity contribution is 7.89. The normalized spacial score (nSPS) is 16.9. The number of nitriles is 1. The molecule has 3 rings (SSSR count). The van der Waals surface area contributed by atoms with Gasteiger partial charge in [-0.05, 0) is 42.7 Å². The second-order valence-electron chi connectivity index (χ2n) is 7.10. The molecule has 1 saturated heterocycles. The van der Waals surface area contributed by atoms with Gasteiger partial charge >= 0.3 is 0 Å². The first kappa shape index (κ1) is 20.3. The second kappa shape index (κ2) is 8.74. The van der Waals surface area contributed by atoms with Crippen molar-refractivity contribution in [2.75, 3.05) is 32.1 Å². The molecule has 1 fully saturated rings. The summed E-state index contributed by atoms with van der Waals surface area (Å²) in [5.41, 5.74) is 2.09. The maximum Gasteiger partial charge on any atom is 0.244 e. The van der Waals surface area contributed by atoms with Crippen LogP contribution in [0.3, 0.4) is 0 Å². The van der Waals surface area contributed by atoms with E-state index in [1.807, 2.05) is 49.3 Å². The van der Waals surface area contributed by atoms with Gasteiger partial charge < -0.3 is 9.64 Å². The van der Waals surface area contributed by atoms with Crippen LogP contribution in [0.1, 0.15) is 24.0 Å². The Kier molecular flexibility index (Phi) is 6.35. The van der Waals surface area contributed by atoms with Crippen LogP contribution < -0.4 is 4.90 Å². The van der Waals surface area contributed by atoms with Crippen molar-refractivity contribution < 1.29 is 13.2 Å². The van der Waals surface area contributed by atoms with E-state index in [9.17, 15) is 13.7 Å². The van der Waals surface area contributed by atoms with E-state index in [1.54, 1.807) is 12.1 Å². The number of ether oxygens (including phenoxy) is 1. The fourth-order valence-corrected chi connectivity index (χ4v) is 4.89. The molecular weight excluding hydrogens is 374 g/mol. The largest absolute Gasteiger partial charge is 0.378 e. The van der Waals surface area contributed by atoms with Crippen molar-refractivity contribution in [2.24, 2.45) is 0 Å². The topological polar surface area (TPSA) is 73.6 Å². The molecule has 0 amide bonds. The minimum absolute atomic E-state index is 0.0420. The summed E-state index contributed by atoms with van der Waals surface area (Å²) in [4.78, 5) is 2.04. The van der Waals surface area contributed by atoms with E-state index < -0.39 is 10.0 Å². The standard InChI is InChI=1S/C21H25N3O3S/c1-23(2)19-11-9-17(10-12-19)15-24(16-20-7-5-13-27-20)28(25,26)21-8-4-3-6-18(21)14-22/h3-4,6,8-12,20H,5,7,13,15-16H2,1-2H3/t20-/m1/s1. The highest BCUT2D eigenvalue weighted by Crippen LogP contribution is 2.25. The molecule has 0 radical (unpaired) electrons. The van der Waals surface area contributed by atoms with Gasteiger partial charge in [-0.25, -0.2) is 8.42 Å². The molecule has 0 unspecified atom stereocenters.